The van der Waals surface area contributed by atoms with Crippen LogP contribution in [0, 0.1) is 12.7 Å². The molecule has 21 heavy (non-hydrogen) atoms. The van der Waals surface area contributed by atoms with Crippen LogP contribution in [0.2, 0.25) is 0 Å². The monoisotopic (exact) mass is 287 g/mol. The van der Waals surface area contributed by atoms with Gasteiger partial charge in [0.2, 0.25) is 0 Å². The van der Waals surface area contributed by atoms with Crippen molar-refractivity contribution < 1.29 is 18.7 Å². The Hall–Kier alpha value is -2.56. The van der Waals surface area contributed by atoms with Crippen molar-refractivity contribution in [2.75, 3.05) is 18.5 Å². The van der Waals surface area contributed by atoms with E-state index in [4.69, 9.17) is 9.47 Å². The van der Waals surface area contributed by atoms with Crippen LogP contribution in [0.5, 0.6) is 11.5 Å². The van der Waals surface area contributed by atoms with Gasteiger partial charge in [-0.25, -0.2) is 4.39 Å². The van der Waals surface area contributed by atoms with Crippen LogP contribution >= 0.6 is 0 Å². The van der Waals surface area contributed by atoms with Crippen molar-refractivity contribution in [3.8, 4) is 11.5 Å². The van der Waals surface area contributed by atoms with E-state index in [1.807, 2.05) is 0 Å². The van der Waals surface area contributed by atoms with Gasteiger partial charge in [-0.1, -0.05) is 6.07 Å². The highest BCUT2D eigenvalue weighted by molar-refractivity contribution is 6.04. The fraction of sp³-hybridized carbons (Fsp3) is 0.188. The zero-order chi connectivity index (χ0) is 14.8. The van der Waals surface area contributed by atoms with Gasteiger partial charge in [-0.2, -0.15) is 0 Å². The molecular formula is C16H14FNO3. The second-order valence-corrected chi connectivity index (χ2v) is 4.78. The van der Waals surface area contributed by atoms with Crippen molar-refractivity contribution in [2.24, 2.45) is 0 Å². The number of rotatable bonds is 2. The lowest BCUT2D eigenvalue weighted by Crippen LogP contribution is -2.17. The summed E-state index contributed by atoms with van der Waals surface area (Å²) in [5, 5.41) is 2.66. The van der Waals surface area contributed by atoms with E-state index in [0.29, 0.717) is 41.5 Å². The van der Waals surface area contributed by atoms with Crippen LogP contribution in [0.3, 0.4) is 0 Å². The number of ether oxygens (including phenoxy) is 2. The molecule has 0 bridgehead atoms. The summed E-state index contributed by atoms with van der Waals surface area (Å²) in [6.07, 6.45) is 0. The zero-order valence-electron chi connectivity index (χ0n) is 11.5. The molecule has 5 heteroatoms. The number of carbonyl (C=O) groups excluding carboxylic acids is 1. The van der Waals surface area contributed by atoms with Crippen LogP contribution in [-0.4, -0.2) is 19.1 Å². The topological polar surface area (TPSA) is 47.6 Å². The van der Waals surface area contributed by atoms with E-state index in [2.05, 4.69) is 5.32 Å². The number of anilines is 1. The molecule has 3 rings (SSSR count). The number of fused-ring (bicyclic) bond motifs is 1. The molecule has 0 aromatic heterocycles. The minimum absolute atomic E-state index is 0.324. The number of hydrogen-bond acceptors (Lipinski definition) is 3. The van der Waals surface area contributed by atoms with E-state index in [9.17, 15) is 9.18 Å². The first-order valence-electron chi connectivity index (χ1n) is 6.60. The molecule has 0 atom stereocenters. The van der Waals surface area contributed by atoms with Crippen LogP contribution in [0.4, 0.5) is 10.1 Å². The minimum atomic E-state index is -0.352. The summed E-state index contributed by atoms with van der Waals surface area (Å²) in [5.41, 5.74) is 1.38. The average molecular weight is 287 g/mol. The maximum atomic E-state index is 13.5. The summed E-state index contributed by atoms with van der Waals surface area (Å²) in [7, 11) is 0. The summed E-state index contributed by atoms with van der Waals surface area (Å²) in [6.45, 7) is 2.63. The molecule has 0 unspecified atom stereocenters. The van der Waals surface area contributed by atoms with Gasteiger partial charge in [0.1, 0.15) is 19.0 Å². The molecule has 2 aromatic carbocycles. The van der Waals surface area contributed by atoms with E-state index >= 15 is 0 Å². The molecule has 0 aliphatic carbocycles. The number of amides is 1. The second kappa shape index (κ2) is 5.44. The Balaban J connectivity index is 1.80. The Morgan fingerprint density at radius 1 is 1.10 bits per heavy atom. The van der Waals surface area contributed by atoms with Crippen LogP contribution in [0.1, 0.15) is 15.9 Å². The third kappa shape index (κ3) is 2.81. The summed E-state index contributed by atoms with van der Waals surface area (Å²) in [5.74, 6) is 0.494. The van der Waals surface area contributed by atoms with E-state index in [-0.39, 0.29) is 11.7 Å². The molecule has 0 saturated carbocycles. The molecule has 1 N–H and O–H groups in total. The Morgan fingerprint density at radius 2 is 1.86 bits per heavy atom. The van der Waals surface area contributed by atoms with Crippen molar-refractivity contribution >= 4 is 11.6 Å². The summed E-state index contributed by atoms with van der Waals surface area (Å²) in [4.78, 5) is 12.2. The minimum Gasteiger partial charge on any atom is -0.486 e. The van der Waals surface area contributed by atoms with E-state index in [1.54, 1.807) is 37.3 Å². The summed E-state index contributed by atoms with van der Waals surface area (Å²) >= 11 is 0. The fourth-order valence-electron chi connectivity index (χ4n) is 2.06. The van der Waals surface area contributed by atoms with Gasteiger partial charge in [-0.05, 0) is 42.8 Å². The van der Waals surface area contributed by atoms with E-state index in [1.165, 1.54) is 6.07 Å². The van der Waals surface area contributed by atoms with Crippen molar-refractivity contribution in [3.05, 3.63) is 53.3 Å². The molecule has 4 nitrogen and oxygen atoms in total. The molecule has 0 fully saturated rings. The van der Waals surface area contributed by atoms with Gasteiger partial charge in [0.05, 0.1) is 0 Å². The number of hydrogen-bond donors (Lipinski definition) is 1. The molecule has 1 aliphatic heterocycles. The lowest BCUT2D eigenvalue weighted by atomic mass is 10.1. The van der Waals surface area contributed by atoms with Gasteiger partial charge >= 0.3 is 0 Å². The predicted octanol–water partition coefficient (Wildman–Crippen LogP) is 3.16. The number of nitrogens with one attached hydrogen (secondary N) is 1. The molecule has 1 amide bonds. The smallest absolute Gasteiger partial charge is 0.255 e. The van der Waals surface area contributed by atoms with Crippen LogP contribution in [-0.2, 0) is 0 Å². The number of halogens is 1. The number of aryl methyl sites for hydroxylation is 1. The zero-order valence-corrected chi connectivity index (χ0v) is 11.5. The SMILES string of the molecule is Cc1ccc(NC(=O)c2ccc3c(c2)OCCO3)cc1F. The number of carbonyl (C=O) groups is 1. The quantitative estimate of drug-likeness (QED) is 0.923. The van der Waals surface area contributed by atoms with E-state index in [0.717, 1.165) is 0 Å². The highest BCUT2D eigenvalue weighted by Gasteiger charge is 2.15. The Labute approximate surface area is 121 Å². The highest BCUT2D eigenvalue weighted by atomic mass is 19.1. The van der Waals surface area contributed by atoms with Crippen molar-refractivity contribution in [1.29, 1.82) is 0 Å². The Morgan fingerprint density at radius 3 is 2.62 bits per heavy atom. The Bertz CT molecular complexity index is 700. The first-order chi connectivity index (χ1) is 10.1. The summed E-state index contributed by atoms with van der Waals surface area (Å²) in [6, 6.07) is 9.54. The molecule has 0 saturated heterocycles. The Kier molecular flexibility index (Phi) is 3.48. The van der Waals surface area contributed by atoms with E-state index < -0.39 is 0 Å². The van der Waals surface area contributed by atoms with Crippen LogP contribution < -0.4 is 14.8 Å². The van der Waals surface area contributed by atoms with Crippen LogP contribution in [0.25, 0.3) is 0 Å². The van der Waals surface area contributed by atoms with Gasteiger partial charge in [0.15, 0.2) is 11.5 Å². The van der Waals surface area contributed by atoms with Crippen molar-refractivity contribution in [1.82, 2.24) is 0 Å². The maximum absolute atomic E-state index is 13.5. The molecule has 0 radical (unpaired) electrons. The highest BCUT2D eigenvalue weighted by Crippen LogP contribution is 2.31. The molecule has 1 aliphatic rings. The van der Waals surface area contributed by atoms with Gasteiger partial charge in [0.25, 0.3) is 5.91 Å². The van der Waals surface area contributed by atoms with Crippen molar-refractivity contribution in [2.45, 2.75) is 6.92 Å². The predicted molar refractivity (Wildman–Crippen MR) is 76.5 cm³/mol. The first kappa shape index (κ1) is 13.4. The lowest BCUT2D eigenvalue weighted by Gasteiger charge is -2.18. The molecular weight excluding hydrogens is 273 g/mol. The molecule has 108 valence electrons. The normalized spacial score (nSPS) is 12.9. The maximum Gasteiger partial charge on any atom is 0.255 e. The first-order valence-corrected chi connectivity index (χ1v) is 6.60. The van der Waals surface area contributed by atoms with Gasteiger partial charge in [0, 0.05) is 11.3 Å². The van der Waals surface area contributed by atoms with Crippen molar-refractivity contribution in [3.63, 3.8) is 0 Å². The molecule has 1 heterocycles. The van der Waals surface area contributed by atoms with Gasteiger partial charge < -0.3 is 14.8 Å². The third-order valence-electron chi connectivity index (χ3n) is 3.23. The third-order valence-corrected chi connectivity index (χ3v) is 3.23. The lowest BCUT2D eigenvalue weighted by molar-refractivity contribution is 0.102. The molecule has 2 aromatic rings. The fourth-order valence-corrected chi connectivity index (χ4v) is 2.06. The standard InChI is InChI=1S/C16H14FNO3/c1-10-2-4-12(9-13(10)17)18-16(19)11-3-5-14-15(8-11)21-7-6-20-14/h2-5,8-9H,6-7H2,1H3,(H,18,19). The average Bonchev–Trinajstić information content (AvgIpc) is 2.50. The largest absolute Gasteiger partial charge is 0.486 e. The summed E-state index contributed by atoms with van der Waals surface area (Å²) < 4.78 is 24.3. The van der Waals surface area contributed by atoms with Gasteiger partial charge in [-0.3, -0.25) is 4.79 Å². The van der Waals surface area contributed by atoms with Gasteiger partial charge in [-0.15, -0.1) is 0 Å². The second-order valence-electron chi connectivity index (χ2n) is 4.78. The number of benzene rings is 2. The molecule has 0 spiro atoms. The van der Waals surface area contributed by atoms with Crippen LogP contribution in [0.15, 0.2) is 36.4 Å².